The van der Waals surface area contributed by atoms with Crippen LogP contribution in [0.15, 0.2) is 18.2 Å². The molecule has 0 saturated carbocycles. The summed E-state index contributed by atoms with van der Waals surface area (Å²) in [5.41, 5.74) is 0.718. The summed E-state index contributed by atoms with van der Waals surface area (Å²) in [5.74, 6) is 0.520. The SMILES string of the molecule is CN(Cc1ccc(Cl)cc1F)CC1CCNCC1. The molecule has 2 nitrogen and oxygen atoms in total. The number of piperidine rings is 1. The Morgan fingerprint density at radius 3 is 2.78 bits per heavy atom. The van der Waals surface area contributed by atoms with Crippen LogP contribution in [0.1, 0.15) is 18.4 Å². The van der Waals surface area contributed by atoms with E-state index >= 15 is 0 Å². The van der Waals surface area contributed by atoms with E-state index in [1.54, 1.807) is 12.1 Å². The Kier molecular flexibility index (Phi) is 4.98. The van der Waals surface area contributed by atoms with Crippen LogP contribution >= 0.6 is 11.6 Å². The van der Waals surface area contributed by atoms with Crippen molar-refractivity contribution in [3.05, 3.63) is 34.6 Å². The molecule has 1 aliphatic heterocycles. The van der Waals surface area contributed by atoms with Crippen LogP contribution < -0.4 is 5.32 Å². The maximum atomic E-state index is 13.7. The zero-order chi connectivity index (χ0) is 13.0. The first-order chi connectivity index (χ1) is 8.65. The Balaban J connectivity index is 1.87. The smallest absolute Gasteiger partial charge is 0.129 e. The molecule has 18 heavy (non-hydrogen) atoms. The summed E-state index contributed by atoms with van der Waals surface area (Å²) in [4.78, 5) is 2.20. The van der Waals surface area contributed by atoms with Gasteiger partial charge in [-0.2, -0.15) is 0 Å². The predicted molar refractivity (Wildman–Crippen MR) is 73.3 cm³/mol. The molecular formula is C14H20ClFN2. The molecule has 1 N–H and O–H groups in total. The van der Waals surface area contributed by atoms with Crippen molar-refractivity contribution in [1.82, 2.24) is 10.2 Å². The largest absolute Gasteiger partial charge is 0.317 e. The van der Waals surface area contributed by atoms with Crippen LogP contribution in [0.2, 0.25) is 5.02 Å². The van der Waals surface area contributed by atoms with Crippen LogP contribution in [-0.2, 0) is 6.54 Å². The highest BCUT2D eigenvalue weighted by Crippen LogP contribution is 2.18. The fourth-order valence-corrected chi connectivity index (χ4v) is 2.67. The van der Waals surface area contributed by atoms with Gasteiger partial charge < -0.3 is 10.2 Å². The van der Waals surface area contributed by atoms with Gasteiger partial charge in [0, 0.05) is 23.7 Å². The molecule has 0 unspecified atom stereocenters. The van der Waals surface area contributed by atoms with E-state index < -0.39 is 0 Å². The second-order valence-corrected chi connectivity index (χ2v) is 5.56. The van der Waals surface area contributed by atoms with Crippen molar-refractivity contribution in [2.75, 3.05) is 26.7 Å². The van der Waals surface area contributed by atoms with Gasteiger partial charge in [0.25, 0.3) is 0 Å². The minimum Gasteiger partial charge on any atom is -0.317 e. The molecule has 0 atom stereocenters. The molecule has 0 aliphatic carbocycles. The lowest BCUT2D eigenvalue weighted by Gasteiger charge is -2.27. The van der Waals surface area contributed by atoms with Gasteiger partial charge in [-0.25, -0.2) is 4.39 Å². The highest BCUT2D eigenvalue weighted by molar-refractivity contribution is 6.30. The lowest BCUT2D eigenvalue weighted by Crippen LogP contribution is -2.34. The molecule has 1 aromatic rings. The number of nitrogens with one attached hydrogen (secondary N) is 1. The van der Waals surface area contributed by atoms with Gasteiger partial charge in [-0.3, -0.25) is 0 Å². The van der Waals surface area contributed by atoms with Crippen molar-refractivity contribution in [3.63, 3.8) is 0 Å². The van der Waals surface area contributed by atoms with Crippen LogP contribution in [0.25, 0.3) is 0 Å². The van der Waals surface area contributed by atoms with Gasteiger partial charge in [-0.15, -0.1) is 0 Å². The molecule has 4 heteroatoms. The van der Waals surface area contributed by atoms with Crippen LogP contribution in [-0.4, -0.2) is 31.6 Å². The first-order valence-electron chi connectivity index (χ1n) is 6.48. The molecule has 100 valence electrons. The summed E-state index contributed by atoms with van der Waals surface area (Å²) < 4.78 is 13.7. The van der Waals surface area contributed by atoms with Crippen LogP contribution in [0.3, 0.4) is 0 Å². The minimum atomic E-state index is -0.209. The monoisotopic (exact) mass is 270 g/mol. The summed E-state index contributed by atoms with van der Waals surface area (Å²) >= 11 is 5.75. The van der Waals surface area contributed by atoms with Crippen molar-refractivity contribution in [1.29, 1.82) is 0 Å². The van der Waals surface area contributed by atoms with Gasteiger partial charge in [0.05, 0.1) is 0 Å². The molecule has 1 heterocycles. The number of hydrogen-bond donors (Lipinski definition) is 1. The van der Waals surface area contributed by atoms with E-state index in [2.05, 4.69) is 17.3 Å². The topological polar surface area (TPSA) is 15.3 Å². The van der Waals surface area contributed by atoms with Gasteiger partial charge in [0.15, 0.2) is 0 Å². The first-order valence-corrected chi connectivity index (χ1v) is 6.86. The van der Waals surface area contributed by atoms with E-state index in [0.29, 0.717) is 11.6 Å². The third kappa shape index (κ3) is 3.94. The molecule has 0 spiro atoms. The highest BCUT2D eigenvalue weighted by atomic mass is 35.5. The van der Waals surface area contributed by atoms with Crippen LogP contribution in [0, 0.1) is 11.7 Å². The van der Waals surface area contributed by atoms with Crippen LogP contribution in [0.5, 0.6) is 0 Å². The van der Waals surface area contributed by atoms with Crippen LogP contribution in [0.4, 0.5) is 4.39 Å². The summed E-state index contributed by atoms with van der Waals surface area (Å²) in [7, 11) is 2.05. The van der Waals surface area contributed by atoms with E-state index in [1.807, 2.05) is 0 Å². The molecule has 0 aromatic heterocycles. The quantitative estimate of drug-likeness (QED) is 0.905. The predicted octanol–water partition coefficient (Wildman–Crippen LogP) is 2.91. The maximum Gasteiger partial charge on any atom is 0.129 e. The summed E-state index contributed by atoms with van der Waals surface area (Å²) in [6, 6.07) is 4.91. The fraction of sp³-hybridized carbons (Fsp3) is 0.571. The minimum absolute atomic E-state index is 0.209. The number of halogens is 2. The summed E-state index contributed by atoms with van der Waals surface area (Å²) in [5, 5.41) is 3.82. The van der Waals surface area contributed by atoms with Crippen molar-refractivity contribution in [2.45, 2.75) is 19.4 Å². The standard InChI is InChI=1S/C14H20ClFN2/c1-18(9-11-4-6-17-7-5-11)10-12-2-3-13(15)8-14(12)16/h2-3,8,11,17H,4-7,9-10H2,1H3. The van der Waals surface area contributed by atoms with E-state index in [-0.39, 0.29) is 5.82 Å². The maximum absolute atomic E-state index is 13.7. The molecule has 2 rings (SSSR count). The third-order valence-electron chi connectivity index (χ3n) is 3.48. The summed E-state index contributed by atoms with van der Waals surface area (Å²) in [6.07, 6.45) is 2.43. The molecule has 0 amide bonds. The Labute approximate surface area is 113 Å². The Morgan fingerprint density at radius 2 is 2.11 bits per heavy atom. The van der Waals surface area contributed by atoms with E-state index in [9.17, 15) is 4.39 Å². The van der Waals surface area contributed by atoms with E-state index in [1.165, 1.54) is 18.9 Å². The molecule has 0 bridgehead atoms. The number of benzene rings is 1. The van der Waals surface area contributed by atoms with Gasteiger partial charge >= 0.3 is 0 Å². The highest BCUT2D eigenvalue weighted by Gasteiger charge is 2.15. The number of hydrogen-bond acceptors (Lipinski definition) is 2. The third-order valence-corrected chi connectivity index (χ3v) is 3.72. The number of rotatable bonds is 4. The molecular weight excluding hydrogens is 251 g/mol. The van der Waals surface area contributed by atoms with Gasteiger partial charge in [0.1, 0.15) is 5.82 Å². The van der Waals surface area contributed by atoms with E-state index in [4.69, 9.17) is 11.6 Å². The van der Waals surface area contributed by atoms with Crippen molar-refractivity contribution in [2.24, 2.45) is 5.92 Å². The zero-order valence-corrected chi connectivity index (χ0v) is 11.5. The fourth-order valence-electron chi connectivity index (χ4n) is 2.51. The second-order valence-electron chi connectivity index (χ2n) is 5.13. The molecule has 1 aliphatic rings. The first kappa shape index (κ1) is 13.8. The Bertz CT molecular complexity index is 391. The average molecular weight is 271 g/mol. The van der Waals surface area contributed by atoms with Crippen molar-refractivity contribution >= 4 is 11.6 Å². The van der Waals surface area contributed by atoms with Gasteiger partial charge in [0.2, 0.25) is 0 Å². The normalized spacial score (nSPS) is 17.3. The zero-order valence-electron chi connectivity index (χ0n) is 10.8. The Morgan fingerprint density at radius 1 is 1.39 bits per heavy atom. The lowest BCUT2D eigenvalue weighted by atomic mass is 9.97. The Hall–Kier alpha value is -0.640. The van der Waals surface area contributed by atoms with Crippen molar-refractivity contribution < 1.29 is 4.39 Å². The average Bonchev–Trinajstić information content (AvgIpc) is 2.34. The number of nitrogens with zero attached hydrogens (tertiary/aromatic N) is 1. The lowest BCUT2D eigenvalue weighted by molar-refractivity contribution is 0.232. The molecule has 1 aromatic carbocycles. The molecule has 1 fully saturated rings. The summed E-state index contributed by atoms with van der Waals surface area (Å²) in [6.45, 7) is 3.89. The van der Waals surface area contributed by atoms with Crippen molar-refractivity contribution in [3.8, 4) is 0 Å². The second kappa shape index (κ2) is 6.50. The van der Waals surface area contributed by atoms with Gasteiger partial charge in [-0.1, -0.05) is 17.7 Å². The van der Waals surface area contributed by atoms with E-state index in [0.717, 1.165) is 31.1 Å². The van der Waals surface area contributed by atoms with Gasteiger partial charge in [-0.05, 0) is 51.0 Å². The molecule has 1 saturated heterocycles. The molecule has 0 radical (unpaired) electrons.